The van der Waals surface area contributed by atoms with E-state index in [2.05, 4.69) is 29.4 Å². The molecule has 4 N–H and O–H groups in total. The number of allylic oxidation sites excluding steroid dienone is 3. The maximum atomic E-state index is 12.2. The fourth-order valence-corrected chi connectivity index (χ4v) is 3.96. The van der Waals surface area contributed by atoms with Crippen LogP contribution in [0.3, 0.4) is 0 Å². The molecular formula is C27H38CrN5O10S. The summed E-state index contributed by atoms with van der Waals surface area (Å²) in [6.45, 7) is 7.97. The zero-order chi connectivity index (χ0) is 31.7. The van der Waals surface area contributed by atoms with Crippen LogP contribution in [-0.4, -0.2) is 72.3 Å². The number of hydroxylamine groups is 2. The summed E-state index contributed by atoms with van der Waals surface area (Å²) in [5.74, 6) is -2.53. The van der Waals surface area contributed by atoms with Crippen molar-refractivity contribution in [2.75, 3.05) is 25.1 Å². The summed E-state index contributed by atoms with van der Waals surface area (Å²) >= 11 is 0. The number of benzene rings is 1. The minimum absolute atomic E-state index is 0. The molecule has 2 rings (SSSR count). The van der Waals surface area contributed by atoms with E-state index in [1.807, 2.05) is 0 Å². The van der Waals surface area contributed by atoms with Gasteiger partial charge in [0.25, 0.3) is 5.91 Å². The summed E-state index contributed by atoms with van der Waals surface area (Å²) in [6.07, 6.45) is 7.02. The largest absolute Gasteiger partial charge is 3.00 e. The summed E-state index contributed by atoms with van der Waals surface area (Å²) in [5.41, 5.74) is 3.13. The summed E-state index contributed by atoms with van der Waals surface area (Å²) in [5, 5.41) is 29.8. The van der Waals surface area contributed by atoms with E-state index in [0.29, 0.717) is 17.8 Å². The minimum Gasteiger partial charge on any atom is -0.870 e. The van der Waals surface area contributed by atoms with Crippen LogP contribution in [0.4, 0.5) is 5.69 Å². The molecule has 17 heteroatoms. The van der Waals surface area contributed by atoms with E-state index in [1.54, 1.807) is 18.2 Å². The molecule has 0 saturated heterocycles. The first kappa shape index (κ1) is 43.0. The van der Waals surface area contributed by atoms with Gasteiger partial charge in [-0.05, 0) is 49.6 Å². The molecule has 0 spiro atoms. The topological polar surface area (TPSA) is 260 Å². The number of amides is 1. The number of unbranched alkanes of at least 4 members (excludes halogenated alkanes) is 1. The number of ether oxygens (including phenoxy) is 1. The van der Waals surface area contributed by atoms with Crippen LogP contribution in [0.1, 0.15) is 54.3 Å². The molecule has 44 heavy (non-hydrogen) atoms. The van der Waals surface area contributed by atoms with Gasteiger partial charge in [0.15, 0.2) is 11.5 Å². The fraction of sp³-hybridized carbons (Fsp3) is 0.444. The Bertz CT molecular complexity index is 1310. The summed E-state index contributed by atoms with van der Waals surface area (Å²) in [6, 6.07) is 7.96. The molecule has 0 fully saturated rings. The maximum absolute atomic E-state index is 12.2. The fourth-order valence-electron chi connectivity index (χ4n) is 3.36. The van der Waals surface area contributed by atoms with Crippen LogP contribution in [0.5, 0.6) is 0 Å². The van der Waals surface area contributed by atoms with E-state index in [1.165, 1.54) is 37.8 Å². The van der Waals surface area contributed by atoms with E-state index >= 15 is 0 Å². The Kier molecular flexibility index (Phi) is 21.9. The number of para-hydroxylation sites is 1. The Hall–Kier alpha value is -3.11. The standard InChI is InChI=1S/C16H12N4O8S.C11H25NO.Cr.H2O/c1-9(21)14(16(23)17-10-5-3-2-4-6-10)19-18-12-7-11(20(24)25)8-13(15(12)22)29(26,27)28;1-3-5-7-11(4-2)10-13-9-6-8-12;;/h2-8H,1H3,(H,17,23)(H,26,27,28);11H,3-10,12H2,1-2H3;;1H2/q-2;;+3;/p-1. The van der Waals surface area contributed by atoms with E-state index in [9.17, 15) is 37.8 Å². The number of rotatable bonds is 15. The molecule has 0 aromatic heterocycles. The Morgan fingerprint density at radius 2 is 1.77 bits per heavy atom. The maximum Gasteiger partial charge on any atom is 3.00 e. The number of anilines is 1. The van der Waals surface area contributed by atoms with Gasteiger partial charge in [-0.3, -0.25) is 14.4 Å². The molecule has 1 aromatic rings. The second-order valence-corrected chi connectivity index (χ2v) is 10.4. The quantitative estimate of drug-likeness (QED) is 0.0678. The van der Waals surface area contributed by atoms with E-state index in [-0.39, 0.29) is 24.3 Å². The molecule has 15 nitrogen and oxygen atoms in total. The summed E-state index contributed by atoms with van der Waals surface area (Å²) in [4.78, 5) is 34.6. The molecule has 1 aliphatic rings. The van der Waals surface area contributed by atoms with Gasteiger partial charge in [-0.25, -0.2) is 8.42 Å². The monoisotopic (exact) mass is 676 g/mol. The number of nitrogens with one attached hydrogen (secondary N) is 1. The number of carbonyl (C=O) groups excluding carboxylic acids is 3. The predicted octanol–water partition coefficient (Wildman–Crippen LogP) is 2.71. The van der Waals surface area contributed by atoms with Gasteiger partial charge in [0.2, 0.25) is 5.78 Å². The molecule has 1 atom stereocenters. The third-order valence-electron chi connectivity index (χ3n) is 5.73. The molecule has 0 aliphatic heterocycles. The number of hydrogen-bond donors (Lipinski definition) is 2. The first-order valence-electron chi connectivity index (χ1n) is 13.2. The second-order valence-electron chi connectivity index (χ2n) is 9.06. The molecule has 1 radical (unpaired) electrons. The van der Waals surface area contributed by atoms with Crippen molar-refractivity contribution in [1.29, 1.82) is 0 Å². The van der Waals surface area contributed by atoms with Gasteiger partial charge in [-0.2, -0.15) is 0 Å². The number of nitrogens with two attached hydrogens (primary N) is 1. The van der Waals surface area contributed by atoms with Gasteiger partial charge in [-0.15, -0.1) is 10.2 Å². The molecule has 0 saturated carbocycles. The van der Waals surface area contributed by atoms with Crippen molar-refractivity contribution in [1.82, 2.24) is 5.23 Å². The van der Waals surface area contributed by atoms with Gasteiger partial charge < -0.3 is 41.5 Å². The summed E-state index contributed by atoms with van der Waals surface area (Å²) in [7, 11) is -5.35. The van der Waals surface area contributed by atoms with Crippen LogP contribution in [0.25, 0.3) is 0 Å². The van der Waals surface area contributed by atoms with Crippen molar-refractivity contribution >= 4 is 44.7 Å². The van der Waals surface area contributed by atoms with Crippen molar-refractivity contribution < 1.29 is 56.4 Å². The SMILES string of the molecule is CC(=O)C(=NN=C1C=C(N([O-])[O-])C=C(S(=O)(=O)[O-])C1=O)C(=O)Nc1ccccc1.CCCCC(CC)COCCCN.[Cr+3].[H+].[OH-]. The van der Waals surface area contributed by atoms with Crippen LogP contribution in [0.2, 0.25) is 0 Å². The normalized spacial score (nSPS) is 14.6. The van der Waals surface area contributed by atoms with Crippen molar-refractivity contribution in [3.8, 4) is 0 Å². The number of ketones is 2. The Morgan fingerprint density at radius 1 is 1.14 bits per heavy atom. The predicted molar refractivity (Wildman–Crippen MR) is 161 cm³/mol. The molecule has 1 aromatic carbocycles. The number of hydrogen-bond acceptors (Lipinski definition) is 14. The van der Waals surface area contributed by atoms with E-state index in [4.69, 9.17) is 10.5 Å². The molecular weight excluding hydrogens is 638 g/mol. The Balaban J connectivity index is -0.000000945. The average molecular weight is 677 g/mol. The second kappa shape index (κ2) is 22.4. The third-order valence-corrected chi connectivity index (χ3v) is 6.57. The summed E-state index contributed by atoms with van der Waals surface area (Å²) < 4.78 is 39.0. The minimum atomic E-state index is -5.35. The van der Waals surface area contributed by atoms with Crippen molar-refractivity contribution in [2.45, 2.75) is 52.9 Å². The molecule has 1 amide bonds. The van der Waals surface area contributed by atoms with Gasteiger partial charge in [0.1, 0.15) is 20.7 Å². The van der Waals surface area contributed by atoms with E-state index < -0.39 is 54.8 Å². The Morgan fingerprint density at radius 3 is 2.27 bits per heavy atom. The molecule has 243 valence electrons. The molecule has 0 bridgehead atoms. The van der Waals surface area contributed by atoms with Crippen molar-refractivity contribution in [3.63, 3.8) is 0 Å². The van der Waals surface area contributed by atoms with Gasteiger partial charge >= 0.3 is 18.8 Å². The smallest absolute Gasteiger partial charge is 0.870 e. The van der Waals surface area contributed by atoms with Crippen LogP contribution in [-0.2, 0) is 46.6 Å². The molecule has 0 heterocycles. The first-order chi connectivity index (χ1) is 19.8. The van der Waals surface area contributed by atoms with Crippen LogP contribution in [0.15, 0.2) is 63.3 Å². The molecule has 1 unspecified atom stereocenters. The third kappa shape index (κ3) is 15.6. The van der Waals surface area contributed by atoms with Crippen molar-refractivity contribution in [2.24, 2.45) is 21.9 Å². The average Bonchev–Trinajstić information content (AvgIpc) is 2.93. The zero-order valence-electron chi connectivity index (χ0n) is 25.6. The number of carbonyl (C=O) groups is 3. The Labute approximate surface area is 269 Å². The first-order valence-corrected chi connectivity index (χ1v) is 14.7. The number of nitrogens with zero attached hydrogens (tertiary/aromatic N) is 3. The van der Waals surface area contributed by atoms with Crippen LogP contribution >= 0.6 is 0 Å². The van der Waals surface area contributed by atoms with E-state index in [0.717, 1.165) is 39.0 Å². The van der Waals surface area contributed by atoms with Gasteiger partial charge in [0.05, 0.1) is 0 Å². The molecule has 1 aliphatic carbocycles. The van der Waals surface area contributed by atoms with Crippen LogP contribution in [0, 0.1) is 16.3 Å². The van der Waals surface area contributed by atoms with Gasteiger partial charge in [0, 0.05) is 31.5 Å². The van der Waals surface area contributed by atoms with Crippen LogP contribution < -0.4 is 11.1 Å². The van der Waals surface area contributed by atoms with Gasteiger partial charge in [-0.1, -0.05) is 51.3 Å². The van der Waals surface area contributed by atoms with Crippen molar-refractivity contribution in [3.05, 3.63) is 63.5 Å². The zero-order valence-corrected chi connectivity index (χ0v) is 26.7. The number of Topliss-reactive ketones (excluding diaryl/α,β-unsaturated/α-hetero) is 2.